The maximum atomic E-state index is 12.6. The van der Waals surface area contributed by atoms with Gasteiger partial charge in [-0.15, -0.1) is 10.2 Å². The van der Waals surface area contributed by atoms with Crippen LogP contribution in [0.1, 0.15) is 88.1 Å². The van der Waals surface area contributed by atoms with Crippen molar-refractivity contribution in [1.29, 1.82) is 0 Å². The van der Waals surface area contributed by atoms with E-state index in [1.165, 1.54) is 44.9 Å². The van der Waals surface area contributed by atoms with Crippen LogP contribution in [0.15, 0.2) is 47.6 Å². The summed E-state index contributed by atoms with van der Waals surface area (Å²) >= 11 is 7.94. The lowest BCUT2D eigenvalue weighted by Gasteiger charge is -2.14. The van der Waals surface area contributed by atoms with E-state index in [9.17, 15) is 4.79 Å². The summed E-state index contributed by atoms with van der Waals surface area (Å²) < 4.78 is 7.36. The molecule has 0 aliphatic rings. The number of halogens is 1. The largest absolute Gasteiger partial charge is 0.497 e. The maximum absolute atomic E-state index is 12.6. The molecule has 0 atom stereocenters. The standard InChI is InChI=1S/C30H41ClN4O2S/c1-4-5-6-7-8-9-10-11-12-16-29(36)32-21-28-33-34-30(35(28)27-20-25(31)18-17-23(27)2)38-22-24-14-13-15-26(19-24)37-3/h13-15,17-20H,4-12,16,21-22H2,1-3H3,(H,32,36). The van der Waals surface area contributed by atoms with Crippen LogP contribution in [-0.2, 0) is 17.1 Å². The molecule has 0 aliphatic carbocycles. The van der Waals surface area contributed by atoms with Gasteiger partial charge in [-0.3, -0.25) is 9.36 Å². The van der Waals surface area contributed by atoms with E-state index in [2.05, 4.69) is 28.5 Å². The van der Waals surface area contributed by atoms with Gasteiger partial charge in [0.25, 0.3) is 0 Å². The normalized spacial score (nSPS) is 11.1. The predicted octanol–water partition coefficient (Wildman–Crippen LogP) is 8.07. The summed E-state index contributed by atoms with van der Waals surface area (Å²) in [6.45, 7) is 4.60. The molecule has 0 saturated carbocycles. The first-order chi connectivity index (χ1) is 18.5. The highest BCUT2D eigenvalue weighted by Crippen LogP contribution is 2.29. The SMILES string of the molecule is CCCCCCCCCCCC(=O)NCc1nnc(SCc2cccc(OC)c2)n1-c1cc(Cl)ccc1C. The van der Waals surface area contributed by atoms with Crippen LogP contribution in [0.5, 0.6) is 5.75 Å². The number of ether oxygens (including phenoxy) is 1. The minimum absolute atomic E-state index is 0.0518. The number of aryl methyl sites for hydroxylation is 1. The van der Waals surface area contributed by atoms with Crippen molar-refractivity contribution in [3.8, 4) is 11.4 Å². The van der Waals surface area contributed by atoms with Gasteiger partial charge in [0, 0.05) is 17.2 Å². The van der Waals surface area contributed by atoms with Gasteiger partial charge in [-0.1, -0.05) is 99.9 Å². The van der Waals surface area contributed by atoms with Crippen molar-refractivity contribution in [3.05, 3.63) is 64.4 Å². The summed E-state index contributed by atoms with van der Waals surface area (Å²) in [5.41, 5.74) is 3.10. The van der Waals surface area contributed by atoms with E-state index in [-0.39, 0.29) is 5.91 Å². The molecular formula is C30H41ClN4O2S. The van der Waals surface area contributed by atoms with Crippen LogP contribution in [0.3, 0.4) is 0 Å². The molecule has 0 spiro atoms. The zero-order valence-electron chi connectivity index (χ0n) is 23.0. The van der Waals surface area contributed by atoms with Gasteiger partial charge < -0.3 is 10.1 Å². The fourth-order valence-corrected chi connectivity index (χ4v) is 5.42. The van der Waals surface area contributed by atoms with Crippen LogP contribution in [-0.4, -0.2) is 27.8 Å². The number of carbonyl (C=O) groups is 1. The number of carbonyl (C=O) groups excluding carboxylic acids is 1. The minimum atomic E-state index is 0.0518. The number of thioether (sulfide) groups is 1. The minimum Gasteiger partial charge on any atom is -0.497 e. The van der Waals surface area contributed by atoms with Crippen molar-refractivity contribution < 1.29 is 9.53 Å². The first-order valence-corrected chi connectivity index (χ1v) is 15.1. The Labute approximate surface area is 236 Å². The van der Waals surface area contributed by atoms with Gasteiger partial charge in [0.05, 0.1) is 19.3 Å². The number of hydrogen-bond donors (Lipinski definition) is 1. The second-order valence-corrected chi connectivity index (χ2v) is 11.0. The first-order valence-electron chi connectivity index (χ1n) is 13.7. The second-order valence-electron chi connectivity index (χ2n) is 9.66. The molecule has 8 heteroatoms. The third-order valence-electron chi connectivity index (χ3n) is 6.57. The fraction of sp³-hybridized carbons (Fsp3) is 0.500. The fourth-order valence-electron chi connectivity index (χ4n) is 4.35. The van der Waals surface area contributed by atoms with Crippen LogP contribution in [0.2, 0.25) is 5.02 Å². The maximum Gasteiger partial charge on any atom is 0.220 e. The Bertz CT molecular complexity index is 1150. The van der Waals surface area contributed by atoms with Crippen LogP contribution in [0.25, 0.3) is 5.69 Å². The molecule has 0 bridgehead atoms. The molecule has 2 aromatic carbocycles. The van der Waals surface area contributed by atoms with Gasteiger partial charge >= 0.3 is 0 Å². The van der Waals surface area contributed by atoms with E-state index in [0.29, 0.717) is 29.6 Å². The quantitative estimate of drug-likeness (QED) is 0.134. The van der Waals surface area contributed by atoms with Crippen LogP contribution >= 0.6 is 23.4 Å². The van der Waals surface area contributed by atoms with Crippen molar-refractivity contribution in [3.63, 3.8) is 0 Å². The molecular weight excluding hydrogens is 516 g/mol. The Kier molecular flexibility index (Phi) is 13.0. The van der Waals surface area contributed by atoms with Crippen LogP contribution in [0, 0.1) is 6.92 Å². The van der Waals surface area contributed by atoms with E-state index >= 15 is 0 Å². The van der Waals surface area contributed by atoms with E-state index in [1.54, 1.807) is 18.9 Å². The molecule has 0 saturated heterocycles. The molecule has 3 rings (SSSR count). The van der Waals surface area contributed by atoms with Gasteiger partial charge in [-0.2, -0.15) is 0 Å². The summed E-state index contributed by atoms with van der Waals surface area (Å²) in [6, 6.07) is 13.8. The molecule has 1 N–H and O–H groups in total. The number of methoxy groups -OCH3 is 1. The predicted molar refractivity (Wildman–Crippen MR) is 157 cm³/mol. The molecule has 0 unspecified atom stereocenters. The van der Waals surface area contributed by atoms with E-state index in [1.807, 2.05) is 47.9 Å². The molecule has 1 aromatic heterocycles. The van der Waals surface area contributed by atoms with Crippen molar-refractivity contribution in [2.45, 2.75) is 95.5 Å². The molecule has 206 valence electrons. The molecule has 3 aromatic rings. The Morgan fingerprint density at radius 3 is 2.47 bits per heavy atom. The van der Waals surface area contributed by atoms with E-state index < -0.39 is 0 Å². The Balaban J connectivity index is 1.58. The smallest absolute Gasteiger partial charge is 0.220 e. The lowest BCUT2D eigenvalue weighted by atomic mass is 10.1. The van der Waals surface area contributed by atoms with Gasteiger partial charge in [-0.25, -0.2) is 0 Å². The number of benzene rings is 2. The lowest BCUT2D eigenvalue weighted by Crippen LogP contribution is -2.24. The highest BCUT2D eigenvalue weighted by molar-refractivity contribution is 7.98. The summed E-state index contributed by atoms with van der Waals surface area (Å²) in [6.07, 6.45) is 11.6. The average Bonchev–Trinajstić information content (AvgIpc) is 3.33. The molecule has 0 aliphatic heterocycles. The van der Waals surface area contributed by atoms with Crippen LogP contribution < -0.4 is 10.1 Å². The van der Waals surface area contributed by atoms with Gasteiger partial charge in [-0.05, 0) is 48.7 Å². The highest BCUT2D eigenvalue weighted by Gasteiger charge is 2.17. The van der Waals surface area contributed by atoms with Gasteiger partial charge in [0.2, 0.25) is 5.91 Å². The number of hydrogen-bond acceptors (Lipinski definition) is 5. The molecule has 6 nitrogen and oxygen atoms in total. The van der Waals surface area contributed by atoms with Crippen molar-refractivity contribution >= 4 is 29.3 Å². The van der Waals surface area contributed by atoms with Crippen molar-refractivity contribution in [1.82, 2.24) is 20.1 Å². The molecule has 38 heavy (non-hydrogen) atoms. The number of amides is 1. The van der Waals surface area contributed by atoms with E-state index in [4.69, 9.17) is 16.3 Å². The topological polar surface area (TPSA) is 69.0 Å². The monoisotopic (exact) mass is 556 g/mol. The van der Waals surface area contributed by atoms with Gasteiger partial charge in [0.15, 0.2) is 11.0 Å². The Morgan fingerprint density at radius 2 is 1.74 bits per heavy atom. The molecule has 0 fully saturated rings. The zero-order chi connectivity index (χ0) is 27.2. The first kappa shape index (κ1) is 30.0. The van der Waals surface area contributed by atoms with E-state index in [0.717, 1.165) is 40.6 Å². The molecule has 1 amide bonds. The van der Waals surface area contributed by atoms with Crippen molar-refractivity contribution in [2.24, 2.45) is 0 Å². The van der Waals surface area contributed by atoms with Gasteiger partial charge in [0.1, 0.15) is 5.75 Å². The zero-order valence-corrected chi connectivity index (χ0v) is 24.5. The lowest BCUT2D eigenvalue weighted by molar-refractivity contribution is -0.121. The number of nitrogens with one attached hydrogen (secondary N) is 1. The Morgan fingerprint density at radius 1 is 1.00 bits per heavy atom. The number of unbranched alkanes of at least 4 members (excludes halogenated alkanes) is 8. The van der Waals surface area contributed by atoms with Crippen molar-refractivity contribution in [2.75, 3.05) is 7.11 Å². The molecule has 1 heterocycles. The average molecular weight is 557 g/mol. The highest BCUT2D eigenvalue weighted by atomic mass is 35.5. The summed E-state index contributed by atoms with van der Waals surface area (Å²) in [7, 11) is 1.67. The number of aromatic nitrogens is 3. The third kappa shape index (κ3) is 9.66. The molecule has 0 radical (unpaired) electrons. The summed E-state index contributed by atoms with van der Waals surface area (Å²) in [5.74, 6) is 2.27. The summed E-state index contributed by atoms with van der Waals surface area (Å²) in [4.78, 5) is 12.6. The van der Waals surface area contributed by atoms with Crippen LogP contribution in [0.4, 0.5) is 0 Å². The third-order valence-corrected chi connectivity index (χ3v) is 7.80. The second kappa shape index (κ2) is 16.5. The summed E-state index contributed by atoms with van der Waals surface area (Å²) in [5, 5.41) is 13.4. The Hall–Kier alpha value is -2.51. The number of nitrogens with zero attached hydrogens (tertiary/aromatic N) is 3. The number of rotatable bonds is 17.